The van der Waals surface area contributed by atoms with Crippen LogP contribution in [0.15, 0.2) is 54.6 Å². The van der Waals surface area contributed by atoms with Gasteiger partial charge in [-0.3, -0.25) is 0 Å². The molecule has 116 valence electrons. The normalized spacial score (nSPS) is 10.8. The van der Waals surface area contributed by atoms with Crippen LogP contribution in [-0.4, -0.2) is 0 Å². The van der Waals surface area contributed by atoms with Gasteiger partial charge in [0.2, 0.25) is 0 Å². The third-order valence-corrected chi connectivity index (χ3v) is 5.73. The third-order valence-electron chi connectivity index (χ3n) is 4.51. The lowest BCUT2D eigenvalue weighted by Gasteiger charge is -2.14. The minimum absolute atomic E-state index is 1.23. The summed E-state index contributed by atoms with van der Waals surface area (Å²) >= 11 is 0. The van der Waals surface area contributed by atoms with Gasteiger partial charge in [0, 0.05) is 0 Å². The van der Waals surface area contributed by atoms with Crippen molar-refractivity contribution in [1.29, 1.82) is 0 Å². The van der Waals surface area contributed by atoms with Gasteiger partial charge in [-0.05, 0) is 70.8 Å². The second-order valence-corrected chi connectivity index (χ2v) is 7.34. The molecule has 2 atom stereocenters. The van der Waals surface area contributed by atoms with E-state index in [1.807, 2.05) is 0 Å². The maximum absolute atomic E-state index is 2.90. The molecule has 0 bridgehead atoms. The summed E-state index contributed by atoms with van der Waals surface area (Å²) in [5.74, 6) is 0. The van der Waals surface area contributed by atoms with Crippen molar-refractivity contribution in [2.24, 2.45) is 0 Å². The van der Waals surface area contributed by atoms with Crippen LogP contribution in [0.5, 0.6) is 0 Å². The third kappa shape index (κ3) is 3.25. The largest absolute Gasteiger partial charge is 0.105 e. The molecule has 3 aromatic rings. The Morgan fingerprint density at radius 3 is 1.91 bits per heavy atom. The Kier molecular flexibility index (Phi) is 4.67. The summed E-state index contributed by atoms with van der Waals surface area (Å²) in [7, 11) is 5.79. The quantitative estimate of drug-likeness (QED) is 0.581. The van der Waals surface area contributed by atoms with Crippen molar-refractivity contribution in [3.05, 3.63) is 71.3 Å². The maximum Gasteiger partial charge on any atom is -0.0109 e. The Balaban J connectivity index is 2.06. The van der Waals surface area contributed by atoms with Crippen molar-refractivity contribution >= 4 is 29.1 Å². The Labute approximate surface area is 143 Å². The van der Waals surface area contributed by atoms with E-state index in [-0.39, 0.29) is 0 Å². The highest BCUT2D eigenvalue weighted by molar-refractivity contribution is 7.28. The molecule has 3 rings (SSSR count). The zero-order valence-electron chi connectivity index (χ0n) is 13.9. The molecular weight excluding hydrogens is 314 g/mol. The minimum Gasteiger partial charge on any atom is -0.105 e. The lowest BCUT2D eigenvalue weighted by Crippen LogP contribution is -2.06. The first kappa shape index (κ1) is 16.4. The van der Waals surface area contributed by atoms with E-state index in [2.05, 4.69) is 93.8 Å². The fraction of sp³-hybridized carbons (Fsp3) is 0.143. The van der Waals surface area contributed by atoms with Crippen molar-refractivity contribution in [3.8, 4) is 22.3 Å². The molecule has 0 heterocycles. The molecule has 0 saturated heterocycles. The predicted octanol–water partition coefficient (Wildman–Crippen LogP) is 4.95. The smallest absolute Gasteiger partial charge is 0.0109 e. The van der Waals surface area contributed by atoms with Gasteiger partial charge in [0.15, 0.2) is 0 Å². The molecule has 0 spiro atoms. The number of aryl methyl sites for hydroxylation is 2. The van der Waals surface area contributed by atoms with Crippen LogP contribution in [-0.2, 0) is 0 Å². The first-order valence-electron chi connectivity index (χ1n) is 7.80. The molecule has 2 unspecified atom stereocenters. The molecule has 0 aromatic heterocycles. The van der Waals surface area contributed by atoms with Crippen LogP contribution in [0.3, 0.4) is 0 Å². The van der Waals surface area contributed by atoms with Crippen molar-refractivity contribution in [2.45, 2.75) is 20.8 Å². The average Bonchev–Trinajstić information content (AvgIpc) is 2.54. The van der Waals surface area contributed by atoms with Crippen LogP contribution in [0.25, 0.3) is 22.3 Å². The Morgan fingerprint density at radius 2 is 1.26 bits per heavy atom. The highest BCUT2D eigenvalue weighted by Crippen LogP contribution is 2.26. The summed E-state index contributed by atoms with van der Waals surface area (Å²) in [6.45, 7) is 6.46. The van der Waals surface area contributed by atoms with Gasteiger partial charge in [-0.15, -0.1) is 18.5 Å². The van der Waals surface area contributed by atoms with E-state index in [0.717, 1.165) is 0 Å². The Morgan fingerprint density at radius 1 is 0.652 bits per heavy atom. The van der Waals surface area contributed by atoms with Gasteiger partial charge in [0.25, 0.3) is 0 Å². The molecule has 0 aliphatic carbocycles. The summed E-state index contributed by atoms with van der Waals surface area (Å²) in [4.78, 5) is 0. The molecule has 23 heavy (non-hydrogen) atoms. The Bertz CT molecular complexity index is 862. The van der Waals surface area contributed by atoms with Crippen LogP contribution < -0.4 is 10.6 Å². The summed E-state index contributed by atoms with van der Waals surface area (Å²) in [5.41, 5.74) is 9.06. The first-order valence-corrected chi connectivity index (χ1v) is 8.95. The second-order valence-electron chi connectivity index (χ2n) is 6.14. The van der Waals surface area contributed by atoms with E-state index in [9.17, 15) is 0 Å². The lowest BCUT2D eigenvalue weighted by molar-refractivity contribution is 1.37. The molecule has 0 amide bonds. The predicted molar refractivity (Wildman–Crippen MR) is 110 cm³/mol. The summed E-state index contributed by atoms with van der Waals surface area (Å²) < 4.78 is 0. The molecule has 0 nitrogen and oxygen atoms in total. The SMILES string of the molecule is Cc1ccc(-c2ccc(-c3ccc(C)c(C)c3P)cc2P)cc1. The second kappa shape index (κ2) is 6.56. The van der Waals surface area contributed by atoms with Gasteiger partial charge >= 0.3 is 0 Å². The average molecular weight is 336 g/mol. The van der Waals surface area contributed by atoms with Crippen molar-refractivity contribution in [1.82, 2.24) is 0 Å². The van der Waals surface area contributed by atoms with Gasteiger partial charge in [-0.2, -0.15) is 0 Å². The molecule has 2 heteroatoms. The zero-order chi connectivity index (χ0) is 16.6. The van der Waals surface area contributed by atoms with Crippen molar-refractivity contribution < 1.29 is 0 Å². The van der Waals surface area contributed by atoms with E-state index in [1.54, 1.807) is 0 Å². The van der Waals surface area contributed by atoms with Crippen molar-refractivity contribution in [2.75, 3.05) is 0 Å². The van der Waals surface area contributed by atoms with E-state index in [1.165, 1.54) is 49.6 Å². The fourth-order valence-corrected chi connectivity index (χ4v) is 3.75. The molecular formula is C21H22P2. The highest BCUT2D eigenvalue weighted by atomic mass is 31.0. The summed E-state index contributed by atoms with van der Waals surface area (Å²) in [6.07, 6.45) is 0. The van der Waals surface area contributed by atoms with Crippen LogP contribution in [0.1, 0.15) is 16.7 Å². The number of rotatable bonds is 2. The summed E-state index contributed by atoms with van der Waals surface area (Å²) in [6, 6.07) is 19.8. The molecule has 0 saturated carbocycles. The topological polar surface area (TPSA) is 0 Å². The van der Waals surface area contributed by atoms with Crippen molar-refractivity contribution in [3.63, 3.8) is 0 Å². The molecule has 0 N–H and O–H groups in total. The standard InChI is InChI=1S/C21H22P2/c1-13-4-7-16(8-5-13)18-11-9-17(12-20(18)22)19-10-6-14(2)15(3)21(19)23/h4-12H,22-23H2,1-3H3. The van der Waals surface area contributed by atoms with Gasteiger partial charge in [0.05, 0.1) is 0 Å². The molecule has 3 aromatic carbocycles. The zero-order valence-corrected chi connectivity index (χ0v) is 16.2. The van der Waals surface area contributed by atoms with E-state index in [0.29, 0.717) is 0 Å². The van der Waals surface area contributed by atoms with Gasteiger partial charge in [0.1, 0.15) is 0 Å². The van der Waals surface area contributed by atoms with E-state index >= 15 is 0 Å². The minimum atomic E-state index is 1.23. The molecule has 0 aliphatic heterocycles. The number of hydrogen-bond acceptors (Lipinski definition) is 0. The highest BCUT2D eigenvalue weighted by Gasteiger charge is 2.09. The molecule has 0 radical (unpaired) electrons. The van der Waals surface area contributed by atoms with Gasteiger partial charge in [-0.25, -0.2) is 0 Å². The number of benzene rings is 3. The van der Waals surface area contributed by atoms with Crippen LogP contribution in [0.2, 0.25) is 0 Å². The molecule has 0 fully saturated rings. The van der Waals surface area contributed by atoms with Crippen LogP contribution >= 0.6 is 18.5 Å². The summed E-state index contributed by atoms with van der Waals surface area (Å²) in [5, 5.41) is 2.52. The molecule has 0 aliphatic rings. The lowest BCUT2D eigenvalue weighted by atomic mass is 9.97. The van der Waals surface area contributed by atoms with Gasteiger partial charge in [-0.1, -0.05) is 54.1 Å². The maximum atomic E-state index is 2.90. The monoisotopic (exact) mass is 336 g/mol. The number of hydrogen-bond donors (Lipinski definition) is 0. The van der Waals surface area contributed by atoms with Crippen LogP contribution in [0.4, 0.5) is 0 Å². The first-order chi connectivity index (χ1) is 11.0. The van der Waals surface area contributed by atoms with E-state index in [4.69, 9.17) is 0 Å². The van der Waals surface area contributed by atoms with Gasteiger partial charge < -0.3 is 0 Å². The van der Waals surface area contributed by atoms with Crippen LogP contribution in [0, 0.1) is 20.8 Å². The Hall–Kier alpha value is -1.48. The van der Waals surface area contributed by atoms with E-state index < -0.39 is 0 Å². The fourth-order valence-electron chi connectivity index (χ4n) is 2.82.